The molecular weight excluding hydrogens is 279 g/mol. The Kier molecular flexibility index (Phi) is 5.38. The van der Waals surface area contributed by atoms with E-state index < -0.39 is 5.82 Å². The Morgan fingerprint density at radius 3 is 2.75 bits per heavy atom. The summed E-state index contributed by atoms with van der Waals surface area (Å²) in [4.78, 5) is 14.1. The summed E-state index contributed by atoms with van der Waals surface area (Å²) in [5, 5.41) is 3.28. The Balaban J connectivity index is 1.85. The predicted octanol–water partition coefficient (Wildman–Crippen LogP) is 2.97. The van der Waals surface area contributed by atoms with Crippen LogP contribution >= 0.6 is 11.6 Å². The van der Waals surface area contributed by atoms with Crippen LogP contribution in [0.15, 0.2) is 18.2 Å². The lowest BCUT2D eigenvalue weighted by Gasteiger charge is -2.29. The summed E-state index contributed by atoms with van der Waals surface area (Å²) in [5.74, 6) is -0.286. The molecule has 0 bridgehead atoms. The molecule has 1 N–H and O–H groups in total. The highest BCUT2D eigenvalue weighted by Crippen LogP contribution is 2.16. The van der Waals surface area contributed by atoms with Crippen LogP contribution in [0.5, 0.6) is 0 Å². The summed E-state index contributed by atoms with van der Waals surface area (Å²) >= 11 is 5.74. The molecule has 1 atom stereocenters. The molecule has 1 aliphatic heterocycles. The zero-order valence-electron chi connectivity index (χ0n) is 11.7. The van der Waals surface area contributed by atoms with Crippen molar-refractivity contribution in [3.63, 3.8) is 0 Å². The SMILES string of the molecule is CC(NCc1ccc(F)c(Cl)c1)C(=O)N1CCCCC1. The average molecular weight is 299 g/mol. The first-order valence-corrected chi connectivity index (χ1v) is 7.42. The first-order chi connectivity index (χ1) is 9.58. The second-order valence-corrected chi connectivity index (χ2v) is 5.64. The summed E-state index contributed by atoms with van der Waals surface area (Å²) in [5.41, 5.74) is 0.870. The molecule has 0 radical (unpaired) electrons. The topological polar surface area (TPSA) is 32.3 Å². The van der Waals surface area contributed by atoms with E-state index in [9.17, 15) is 9.18 Å². The van der Waals surface area contributed by atoms with E-state index in [2.05, 4.69) is 5.32 Å². The van der Waals surface area contributed by atoms with Gasteiger partial charge in [0, 0.05) is 19.6 Å². The zero-order chi connectivity index (χ0) is 14.5. The van der Waals surface area contributed by atoms with E-state index in [0.29, 0.717) is 6.54 Å². The second kappa shape index (κ2) is 7.04. The first-order valence-electron chi connectivity index (χ1n) is 7.04. The first kappa shape index (κ1) is 15.3. The molecule has 110 valence electrons. The number of halogens is 2. The highest BCUT2D eigenvalue weighted by molar-refractivity contribution is 6.30. The molecule has 1 saturated heterocycles. The van der Waals surface area contributed by atoms with Crippen LogP contribution in [0, 0.1) is 5.82 Å². The number of hydrogen-bond donors (Lipinski definition) is 1. The molecule has 0 aromatic heterocycles. The Labute approximate surface area is 124 Å². The molecule has 5 heteroatoms. The van der Waals surface area contributed by atoms with Gasteiger partial charge >= 0.3 is 0 Å². The van der Waals surface area contributed by atoms with Crippen molar-refractivity contribution in [3.8, 4) is 0 Å². The predicted molar refractivity (Wildman–Crippen MR) is 78.1 cm³/mol. The number of carbonyl (C=O) groups is 1. The smallest absolute Gasteiger partial charge is 0.239 e. The van der Waals surface area contributed by atoms with Gasteiger partial charge < -0.3 is 10.2 Å². The molecule has 20 heavy (non-hydrogen) atoms. The summed E-state index contributed by atoms with van der Waals surface area (Å²) in [6, 6.07) is 4.36. The minimum absolute atomic E-state index is 0.110. The highest BCUT2D eigenvalue weighted by Gasteiger charge is 2.21. The summed E-state index contributed by atoms with van der Waals surface area (Å²) in [6.45, 7) is 4.07. The number of likely N-dealkylation sites (tertiary alicyclic amines) is 1. The molecule has 1 aromatic carbocycles. The molecule has 1 unspecified atom stereocenters. The minimum atomic E-state index is -0.423. The van der Waals surface area contributed by atoms with Crippen LogP contribution in [0.4, 0.5) is 4.39 Å². The molecule has 0 aliphatic carbocycles. The third-order valence-corrected chi connectivity index (χ3v) is 3.92. The van der Waals surface area contributed by atoms with Gasteiger partial charge in [0.05, 0.1) is 11.1 Å². The minimum Gasteiger partial charge on any atom is -0.341 e. The fourth-order valence-corrected chi connectivity index (χ4v) is 2.60. The molecule has 2 rings (SSSR count). The van der Waals surface area contributed by atoms with E-state index in [1.807, 2.05) is 11.8 Å². The molecule has 1 amide bonds. The molecular formula is C15H20ClFN2O. The van der Waals surface area contributed by atoms with Crippen molar-refractivity contribution < 1.29 is 9.18 Å². The Hall–Kier alpha value is -1.13. The quantitative estimate of drug-likeness (QED) is 0.927. The summed E-state index contributed by atoms with van der Waals surface area (Å²) in [6.07, 6.45) is 3.39. The fourth-order valence-electron chi connectivity index (χ4n) is 2.40. The number of hydrogen-bond acceptors (Lipinski definition) is 2. The molecule has 1 aliphatic rings. The fraction of sp³-hybridized carbons (Fsp3) is 0.533. The summed E-state index contributed by atoms with van der Waals surface area (Å²) in [7, 11) is 0. The molecule has 3 nitrogen and oxygen atoms in total. The van der Waals surface area contributed by atoms with Crippen molar-refractivity contribution in [2.75, 3.05) is 13.1 Å². The van der Waals surface area contributed by atoms with Crippen LogP contribution in [0.2, 0.25) is 5.02 Å². The van der Waals surface area contributed by atoms with Crippen molar-refractivity contribution in [1.29, 1.82) is 0 Å². The number of nitrogens with one attached hydrogen (secondary N) is 1. The van der Waals surface area contributed by atoms with E-state index in [-0.39, 0.29) is 17.0 Å². The van der Waals surface area contributed by atoms with Crippen LogP contribution in [0.1, 0.15) is 31.7 Å². The molecule has 0 saturated carbocycles. The number of benzene rings is 1. The van der Waals surface area contributed by atoms with Crippen molar-refractivity contribution in [1.82, 2.24) is 10.2 Å². The van der Waals surface area contributed by atoms with Gasteiger partial charge in [-0.15, -0.1) is 0 Å². The van der Waals surface area contributed by atoms with Crippen molar-refractivity contribution in [2.45, 2.75) is 38.8 Å². The average Bonchev–Trinajstić information content (AvgIpc) is 2.48. The van der Waals surface area contributed by atoms with Gasteiger partial charge in [-0.2, -0.15) is 0 Å². The van der Waals surface area contributed by atoms with Gasteiger partial charge in [0.1, 0.15) is 5.82 Å². The maximum atomic E-state index is 13.1. The van der Waals surface area contributed by atoms with Crippen LogP contribution < -0.4 is 5.32 Å². The van der Waals surface area contributed by atoms with Crippen LogP contribution in [0.3, 0.4) is 0 Å². The van der Waals surface area contributed by atoms with E-state index >= 15 is 0 Å². The Bertz CT molecular complexity index is 475. The maximum absolute atomic E-state index is 13.1. The van der Waals surface area contributed by atoms with Crippen LogP contribution in [0.25, 0.3) is 0 Å². The zero-order valence-corrected chi connectivity index (χ0v) is 12.4. The summed E-state index contributed by atoms with van der Waals surface area (Å²) < 4.78 is 13.1. The Morgan fingerprint density at radius 1 is 1.40 bits per heavy atom. The van der Waals surface area contributed by atoms with Crippen LogP contribution in [-0.4, -0.2) is 29.9 Å². The normalized spacial score (nSPS) is 17.1. The number of rotatable bonds is 4. The molecule has 1 aromatic rings. The van der Waals surface area contributed by atoms with E-state index in [1.165, 1.54) is 12.5 Å². The number of carbonyl (C=O) groups excluding carboxylic acids is 1. The molecule has 0 spiro atoms. The highest BCUT2D eigenvalue weighted by atomic mass is 35.5. The van der Waals surface area contributed by atoms with Gasteiger partial charge in [-0.25, -0.2) is 4.39 Å². The third-order valence-electron chi connectivity index (χ3n) is 3.63. The lowest BCUT2D eigenvalue weighted by atomic mass is 10.1. The van der Waals surface area contributed by atoms with Crippen molar-refractivity contribution in [3.05, 3.63) is 34.6 Å². The van der Waals surface area contributed by atoms with E-state index in [1.54, 1.807) is 12.1 Å². The monoisotopic (exact) mass is 298 g/mol. The number of amides is 1. The second-order valence-electron chi connectivity index (χ2n) is 5.24. The standard InChI is InChI=1S/C15H20ClFN2O/c1-11(15(20)19-7-3-2-4-8-19)18-10-12-5-6-14(17)13(16)9-12/h5-6,9,11,18H,2-4,7-8,10H2,1H3. The van der Waals surface area contributed by atoms with Gasteiger partial charge in [-0.05, 0) is 43.9 Å². The number of nitrogens with zero attached hydrogens (tertiary/aromatic N) is 1. The maximum Gasteiger partial charge on any atom is 0.239 e. The van der Waals surface area contributed by atoms with Crippen LogP contribution in [-0.2, 0) is 11.3 Å². The number of piperidine rings is 1. The molecule has 1 heterocycles. The van der Waals surface area contributed by atoms with Gasteiger partial charge in [0.2, 0.25) is 5.91 Å². The van der Waals surface area contributed by atoms with Crippen molar-refractivity contribution >= 4 is 17.5 Å². The third kappa shape index (κ3) is 3.93. The lowest BCUT2D eigenvalue weighted by Crippen LogP contribution is -2.46. The van der Waals surface area contributed by atoms with E-state index in [4.69, 9.17) is 11.6 Å². The van der Waals surface area contributed by atoms with Crippen molar-refractivity contribution in [2.24, 2.45) is 0 Å². The Morgan fingerprint density at radius 2 is 2.10 bits per heavy atom. The van der Waals surface area contributed by atoms with E-state index in [0.717, 1.165) is 31.5 Å². The lowest BCUT2D eigenvalue weighted by molar-refractivity contribution is -0.133. The van der Waals surface area contributed by atoms with Gasteiger partial charge in [0.25, 0.3) is 0 Å². The van der Waals surface area contributed by atoms with Gasteiger partial charge in [-0.1, -0.05) is 17.7 Å². The molecule has 1 fully saturated rings. The largest absolute Gasteiger partial charge is 0.341 e. The van der Waals surface area contributed by atoms with Gasteiger partial charge in [-0.3, -0.25) is 4.79 Å². The van der Waals surface area contributed by atoms with Gasteiger partial charge in [0.15, 0.2) is 0 Å².